The zero-order valence-corrected chi connectivity index (χ0v) is 27.3. The summed E-state index contributed by atoms with van der Waals surface area (Å²) in [6.07, 6.45) is 23.0. The van der Waals surface area contributed by atoms with Crippen LogP contribution in [0.2, 0.25) is 0 Å². The van der Waals surface area contributed by atoms with Crippen molar-refractivity contribution in [1.82, 2.24) is 0 Å². The fourth-order valence-corrected chi connectivity index (χ4v) is 6.14. The molecule has 0 aliphatic heterocycles. The molecule has 2 aromatic rings. The van der Waals surface area contributed by atoms with Gasteiger partial charge in [-0.25, -0.2) is 4.57 Å². The number of rotatable bonds is 27. The smallest absolute Gasteiger partial charge is 0.404 e. The number of nitrogens with zero attached hydrogens (tertiary/aromatic N) is 1. The van der Waals surface area contributed by atoms with E-state index in [1.54, 1.807) is 36.6 Å². The van der Waals surface area contributed by atoms with E-state index >= 15 is 0 Å². The molecule has 0 bridgehead atoms. The van der Waals surface area contributed by atoms with Crippen molar-refractivity contribution in [1.29, 1.82) is 0 Å². The standard InChI is InChI=1S/C32H54NO6PS/c1-3-4-5-6-7-8-9-10-11-12-13-14-15-16-17-18-23-37-27-32(36-2)28-38-40(34,35)39-31-21-19-20-30(25-31)26-33-22-24-41-29-33/h19-22,24-25,29,32H,3-18,23,26-28H2,1-2H3/p+1. The Morgan fingerprint density at radius 2 is 1.49 bits per heavy atom. The van der Waals surface area contributed by atoms with Gasteiger partial charge in [0.2, 0.25) is 5.51 Å². The van der Waals surface area contributed by atoms with Crippen LogP contribution in [0.3, 0.4) is 0 Å². The zero-order chi connectivity index (χ0) is 29.4. The van der Waals surface area contributed by atoms with Gasteiger partial charge in [0.1, 0.15) is 11.9 Å². The van der Waals surface area contributed by atoms with Gasteiger partial charge in [-0.05, 0) is 18.6 Å². The van der Waals surface area contributed by atoms with Crippen LogP contribution >= 0.6 is 19.2 Å². The normalized spacial score (nSPS) is 13.7. The summed E-state index contributed by atoms with van der Waals surface area (Å²) in [5.41, 5.74) is 2.96. The van der Waals surface area contributed by atoms with Gasteiger partial charge >= 0.3 is 7.82 Å². The molecular weight excluding hydrogens is 557 g/mol. The quantitative estimate of drug-likeness (QED) is 0.0617. The fourth-order valence-electron chi connectivity index (χ4n) is 4.75. The van der Waals surface area contributed by atoms with Crippen LogP contribution in [0.4, 0.5) is 0 Å². The molecule has 0 amide bonds. The Kier molecular flexibility index (Phi) is 20.3. The van der Waals surface area contributed by atoms with Crippen molar-refractivity contribution in [3.63, 3.8) is 0 Å². The summed E-state index contributed by atoms with van der Waals surface area (Å²) in [5.74, 6) is 0.290. The number of aromatic nitrogens is 1. The highest BCUT2D eigenvalue weighted by atomic mass is 32.1. The van der Waals surface area contributed by atoms with E-state index in [1.807, 2.05) is 27.7 Å². The second-order valence-electron chi connectivity index (χ2n) is 10.9. The Labute approximate surface area is 253 Å². The minimum absolute atomic E-state index is 0.0896. The second kappa shape index (κ2) is 23.2. The molecule has 1 aromatic heterocycles. The predicted octanol–water partition coefficient (Wildman–Crippen LogP) is 8.87. The number of phosphoric acid groups is 1. The van der Waals surface area contributed by atoms with Crippen LogP contribution in [-0.2, 0) is 25.1 Å². The molecule has 0 spiro atoms. The maximum absolute atomic E-state index is 12.5. The van der Waals surface area contributed by atoms with E-state index < -0.39 is 13.9 Å². The first-order chi connectivity index (χ1) is 20.0. The van der Waals surface area contributed by atoms with Gasteiger partial charge in [0.15, 0.2) is 12.7 Å². The Balaban J connectivity index is 1.44. The molecule has 1 N–H and O–H groups in total. The first-order valence-corrected chi connectivity index (χ1v) is 18.2. The molecule has 9 heteroatoms. The largest absolute Gasteiger partial charge is 0.527 e. The molecule has 234 valence electrons. The monoisotopic (exact) mass is 612 g/mol. The lowest BCUT2D eigenvalue weighted by molar-refractivity contribution is -0.683. The third kappa shape index (κ3) is 18.8. The molecular formula is C32H55NO6PS+. The highest BCUT2D eigenvalue weighted by Crippen LogP contribution is 2.44. The Bertz CT molecular complexity index is 929. The van der Waals surface area contributed by atoms with Gasteiger partial charge in [0.05, 0.1) is 18.6 Å². The van der Waals surface area contributed by atoms with Crippen LogP contribution in [0.15, 0.2) is 41.4 Å². The van der Waals surface area contributed by atoms with Crippen molar-refractivity contribution in [3.8, 4) is 5.75 Å². The van der Waals surface area contributed by atoms with Crippen molar-refractivity contribution in [3.05, 3.63) is 46.9 Å². The molecule has 0 aliphatic rings. The average Bonchev–Trinajstić information content (AvgIpc) is 3.47. The van der Waals surface area contributed by atoms with Gasteiger partial charge in [0.25, 0.3) is 0 Å². The van der Waals surface area contributed by atoms with Crippen molar-refractivity contribution >= 4 is 19.2 Å². The van der Waals surface area contributed by atoms with Crippen LogP contribution in [0, 0.1) is 0 Å². The third-order valence-electron chi connectivity index (χ3n) is 7.21. The predicted molar refractivity (Wildman–Crippen MR) is 168 cm³/mol. The number of unbranched alkanes of at least 4 members (excludes halogenated alkanes) is 15. The van der Waals surface area contributed by atoms with Gasteiger partial charge in [-0.2, -0.15) is 4.57 Å². The highest BCUT2D eigenvalue weighted by molar-refractivity contribution is 7.47. The van der Waals surface area contributed by atoms with Crippen LogP contribution in [-0.4, -0.2) is 37.9 Å². The molecule has 1 heterocycles. The van der Waals surface area contributed by atoms with Crippen molar-refractivity contribution < 1.29 is 32.5 Å². The van der Waals surface area contributed by atoms with Crippen LogP contribution in [0.1, 0.15) is 115 Å². The molecule has 0 radical (unpaired) electrons. The van der Waals surface area contributed by atoms with Gasteiger partial charge in [-0.15, -0.1) is 0 Å². The summed E-state index contributed by atoms with van der Waals surface area (Å²) in [5, 5.41) is 1.99. The number of hydrogen-bond donors (Lipinski definition) is 1. The third-order valence-corrected chi connectivity index (χ3v) is 8.80. The number of hydrogen-bond acceptors (Lipinski definition) is 6. The minimum atomic E-state index is -4.29. The number of thiazole rings is 1. The van der Waals surface area contributed by atoms with Crippen molar-refractivity contribution in [2.45, 2.75) is 122 Å². The lowest BCUT2D eigenvalue weighted by Gasteiger charge is -2.18. The van der Waals surface area contributed by atoms with E-state index in [1.165, 1.54) is 89.9 Å². The fraction of sp³-hybridized carbons (Fsp3) is 0.719. The summed E-state index contributed by atoms with van der Waals surface area (Å²) in [4.78, 5) is 10.2. The molecule has 0 saturated carbocycles. The van der Waals surface area contributed by atoms with Gasteiger partial charge < -0.3 is 14.0 Å². The van der Waals surface area contributed by atoms with Crippen LogP contribution in [0.5, 0.6) is 5.75 Å². The van der Waals surface area contributed by atoms with E-state index in [-0.39, 0.29) is 12.4 Å². The summed E-state index contributed by atoms with van der Waals surface area (Å²) in [6, 6.07) is 7.12. The first-order valence-electron chi connectivity index (χ1n) is 15.8. The lowest BCUT2D eigenvalue weighted by atomic mass is 10.0. The Morgan fingerprint density at radius 1 is 0.878 bits per heavy atom. The molecule has 2 unspecified atom stereocenters. The summed E-state index contributed by atoms with van der Waals surface area (Å²) in [7, 11) is -2.75. The number of phosphoric ester groups is 1. The van der Waals surface area contributed by atoms with Crippen LogP contribution < -0.4 is 9.09 Å². The number of ether oxygens (including phenoxy) is 2. The molecule has 0 saturated heterocycles. The average molecular weight is 613 g/mol. The molecule has 0 aliphatic carbocycles. The molecule has 1 aromatic carbocycles. The van der Waals surface area contributed by atoms with Crippen LogP contribution in [0.25, 0.3) is 0 Å². The van der Waals surface area contributed by atoms with Crippen molar-refractivity contribution in [2.24, 2.45) is 0 Å². The van der Waals surface area contributed by atoms with E-state index in [0.717, 1.165) is 18.4 Å². The summed E-state index contributed by atoms with van der Waals surface area (Å²) in [6.45, 7) is 3.80. The topological polar surface area (TPSA) is 78.1 Å². The second-order valence-corrected chi connectivity index (χ2v) is 13.1. The van der Waals surface area contributed by atoms with E-state index in [4.69, 9.17) is 18.5 Å². The molecule has 2 atom stereocenters. The molecule has 2 rings (SSSR count). The summed E-state index contributed by atoms with van der Waals surface area (Å²) >= 11 is 1.61. The maximum atomic E-state index is 12.5. The van der Waals surface area contributed by atoms with E-state index in [2.05, 4.69) is 6.92 Å². The van der Waals surface area contributed by atoms with E-state index in [0.29, 0.717) is 19.8 Å². The van der Waals surface area contributed by atoms with E-state index in [9.17, 15) is 9.46 Å². The van der Waals surface area contributed by atoms with Gasteiger partial charge in [0, 0.05) is 19.3 Å². The maximum Gasteiger partial charge on any atom is 0.527 e. The molecule has 0 fully saturated rings. The highest BCUT2D eigenvalue weighted by Gasteiger charge is 2.25. The number of benzene rings is 1. The minimum Gasteiger partial charge on any atom is -0.404 e. The van der Waals surface area contributed by atoms with Crippen molar-refractivity contribution in [2.75, 3.05) is 26.9 Å². The Hall–Kier alpha value is -1.28. The first kappa shape index (κ1) is 35.9. The Morgan fingerprint density at radius 3 is 2.05 bits per heavy atom. The summed E-state index contributed by atoms with van der Waals surface area (Å²) < 4.78 is 36.1. The molecule has 7 nitrogen and oxygen atoms in total. The SMILES string of the molecule is CCCCCCCCCCCCCCCCCCOCC(COP(=O)(O)Oc1cccc(C[n+]2ccsc2)c1)OC. The lowest BCUT2D eigenvalue weighted by Crippen LogP contribution is -2.30. The van der Waals surface area contributed by atoms with Gasteiger partial charge in [-0.1, -0.05) is 127 Å². The van der Waals surface area contributed by atoms with Gasteiger partial charge in [-0.3, -0.25) is 9.42 Å². The zero-order valence-electron chi connectivity index (χ0n) is 25.6. The molecule has 41 heavy (non-hydrogen) atoms. The number of methoxy groups -OCH3 is 1.